The van der Waals surface area contributed by atoms with Gasteiger partial charge in [-0.3, -0.25) is 14.9 Å². The number of carbonyl (C=O) groups is 1. The molecule has 0 spiro atoms. The number of nitro benzene ring substituents is 1. The lowest BCUT2D eigenvalue weighted by Crippen LogP contribution is -2.56. The predicted molar refractivity (Wildman–Crippen MR) is 94.1 cm³/mol. The summed E-state index contributed by atoms with van der Waals surface area (Å²) in [4.78, 5) is 24.4. The van der Waals surface area contributed by atoms with Crippen LogP contribution in [0.25, 0.3) is 0 Å². The number of nitrogens with zero attached hydrogens (tertiary/aromatic N) is 2. The van der Waals surface area contributed by atoms with Gasteiger partial charge in [-0.2, -0.15) is 0 Å². The van der Waals surface area contributed by atoms with E-state index >= 15 is 0 Å². The molecular formula is C15H25ClN4O3. The highest BCUT2D eigenvalue weighted by molar-refractivity contribution is 5.85. The van der Waals surface area contributed by atoms with Gasteiger partial charge in [0.2, 0.25) is 5.91 Å². The van der Waals surface area contributed by atoms with Crippen LogP contribution in [0.15, 0.2) is 24.3 Å². The number of benzene rings is 1. The second-order valence-electron chi connectivity index (χ2n) is 5.93. The number of halogens is 1. The van der Waals surface area contributed by atoms with Gasteiger partial charge in [-0.05, 0) is 18.9 Å². The lowest BCUT2D eigenvalue weighted by Gasteiger charge is -2.34. The Morgan fingerprint density at radius 1 is 1.43 bits per heavy atom. The molecule has 0 saturated heterocycles. The molecule has 0 bridgehead atoms. The van der Waals surface area contributed by atoms with Crippen molar-refractivity contribution in [2.24, 2.45) is 11.7 Å². The van der Waals surface area contributed by atoms with Crippen molar-refractivity contribution in [3.8, 4) is 0 Å². The van der Waals surface area contributed by atoms with Gasteiger partial charge in [0.1, 0.15) is 5.69 Å². The second-order valence-corrected chi connectivity index (χ2v) is 5.93. The van der Waals surface area contributed by atoms with Gasteiger partial charge in [0, 0.05) is 19.7 Å². The highest BCUT2D eigenvalue weighted by atomic mass is 35.5. The number of hydrogen-bond acceptors (Lipinski definition) is 5. The Kier molecular flexibility index (Phi) is 7.99. The zero-order valence-electron chi connectivity index (χ0n) is 13.9. The van der Waals surface area contributed by atoms with Gasteiger partial charge in [-0.1, -0.05) is 26.0 Å². The molecule has 0 saturated carbocycles. The van der Waals surface area contributed by atoms with E-state index in [1.807, 2.05) is 20.8 Å². The quantitative estimate of drug-likeness (QED) is 0.581. The third-order valence-corrected chi connectivity index (χ3v) is 3.99. The molecule has 0 aliphatic heterocycles. The van der Waals surface area contributed by atoms with Crippen LogP contribution in [0.3, 0.4) is 0 Å². The highest BCUT2D eigenvalue weighted by Gasteiger charge is 2.29. The maximum absolute atomic E-state index is 12.2. The van der Waals surface area contributed by atoms with E-state index in [9.17, 15) is 14.9 Å². The van der Waals surface area contributed by atoms with Crippen molar-refractivity contribution >= 4 is 29.7 Å². The first kappa shape index (κ1) is 21.1. The molecule has 1 rings (SSSR count). The van der Waals surface area contributed by atoms with E-state index in [0.29, 0.717) is 12.2 Å². The number of para-hydroxylation sites is 2. The average molecular weight is 345 g/mol. The number of amides is 1. The minimum Gasteiger partial charge on any atom is -0.360 e. The molecule has 0 radical (unpaired) electrons. The van der Waals surface area contributed by atoms with Gasteiger partial charge < -0.3 is 16.0 Å². The summed E-state index contributed by atoms with van der Waals surface area (Å²) < 4.78 is 0. The lowest BCUT2D eigenvalue weighted by atomic mass is 9.88. The summed E-state index contributed by atoms with van der Waals surface area (Å²) >= 11 is 0. The largest absolute Gasteiger partial charge is 0.360 e. The second kappa shape index (κ2) is 8.69. The standard InChI is InChI=1S/C15H24N4O3.ClH/c1-11(2)15(3,10-16)17-14(20)9-18(4)12-7-5-6-8-13(12)19(21)22;/h5-8,11H,9-10,16H2,1-4H3,(H,17,20);1H. The molecule has 1 unspecified atom stereocenters. The van der Waals surface area contributed by atoms with Crippen LogP contribution >= 0.6 is 12.4 Å². The molecule has 7 nitrogen and oxygen atoms in total. The van der Waals surface area contributed by atoms with Crippen molar-refractivity contribution in [3.63, 3.8) is 0 Å². The Hall–Kier alpha value is -1.86. The van der Waals surface area contributed by atoms with Crippen molar-refractivity contribution in [1.29, 1.82) is 0 Å². The SMILES string of the molecule is CC(C)C(C)(CN)NC(=O)CN(C)c1ccccc1[N+](=O)[O-].Cl. The number of carbonyl (C=O) groups excluding carboxylic acids is 1. The van der Waals surface area contributed by atoms with Gasteiger partial charge in [0.25, 0.3) is 5.69 Å². The zero-order valence-corrected chi connectivity index (χ0v) is 14.7. The highest BCUT2D eigenvalue weighted by Crippen LogP contribution is 2.26. The molecule has 0 aliphatic rings. The summed E-state index contributed by atoms with van der Waals surface area (Å²) in [7, 11) is 1.65. The predicted octanol–water partition coefficient (Wildman–Crippen LogP) is 1.94. The molecule has 1 aromatic rings. The van der Waals surface area contributed by atoms with Crippen molar-refractivity contribution in [3.05, 3.63) is 34.4 Å². The Morgan fingerprint density at radius 2 is 2.00 bits per heavy atom. The van der Waals surface area contributed by atoms with Crippen LogP contribution in [-0.4, -0.2) is 36.5 Å². The number of rotatable bonds is 7. The Balaban J connectivity index is 0.00000484. The third-order valence-electron chi connectivity index (χ3n) is 3.99. The summed E-state index contributed by atoms with van der Waals surface area (Å²) in [5.74, 6) is -0.0416. The van der Waals surface area contributed by atoms with Crippen molar-refractivity contribution in [2.75, 3.05) is 25.0 Å². The maximum Gasteiger partial charge on any atom is 0.292 e. The minimum absolute atomic E-state index is 0. The van der Waals surface area contributed by atoms with Crippen LogP contribution in [-0.2, 0) is 4.79 Å². The van der Waals surface area contributed by atoms with E-state index in [0.717, 1.165) is 0 Å². The molecule has 8 heteroatoms. The first-order valence-corrected chi connectivity index (χ1v) is 7.17. The normalized spacial score (nSPS) is 13.0. The molecule has 0 heterocycles. The number of nitrogens with two attached hydrogens (primary N) is 1. The third kappa shape index (κ3) is 5.37. The number of nitro groups is 1. The Labute approximate surface area is 142 Å². The molecule has 0 fully saturated rings. The van der Waals surface area contributed by atoms with Gasteiger partial charge in [0.05, 0.1) is 17.0 Å². The Morgan fingerprint density at radius 3 is 2.48 bits per heavy atom. The maximum atomic E-state index is 12.2. The number of likely N-dealkylation sites (N-methyl/N-ethyl adjacent to an activating group) is 1. The van der Waals surface area contributed by atoms with E-state index in [2.05, 4.69) is 5.32 Å². The lowest BCUT2D eigenvalue weighted by molar-refractivity contribution is -0.384. The first-order chi connectivity index (χ1) is 10.2. The fourth-order valence-corrected chi connectivity index (χ4v) is 2.03. The van der Waals surface area contributed by atoms with E-state index in [-0.39, 0.29) is 36.5 Å². The van der Waals surface area contributed by atoms with Crippen molar-refractivity contribution in [1.82, 2.24) is 5.32 Å². The van der Waals surface area contributed by atoms with E-state index in [1.54, 1.807) is 30.1 Å². The van der Waals surface area contributed by atoms with Gasteiger partial charge in [-0.15, -0.1) is 12.4 Å². The summed E-state index contributed by atoms with van der Waals surface area (Å²) in [6, 6.07) is 6.34. The smallest absolute Gasteiger partial charge is 0.292 e. The van der Waals surface area contributed by atoms with Crippen LogP contribution in [0.1, 0.15) is 20.8 Å². The molecule has 130 valence electrons. The molecule has 0 aliphatic carbocycles. The number of anilines is 1. The first-order valence-electron chi connectivity index (χ1n) is 7.17. The van der Waals surface area contributed by atoms with Crippen LogP contribution in [0.5, 0.6) is 0 Å². The summed E-state index contributed by atoms with van der Waals surface area (Å²) in [5, 5.41) is 14.0. The van der Waals surface area contributed by atoms with E-state index < -0.39 is 10.5 Å². The minimum atomic E-state index is -0.499. The van der Waals surface area contributed by atoms with Crippen LogP contribution < -0.4 is 16.0 Å². The molecule has 23 heavy (non-hydrogen) atoms. The average Bonchev–Trinajstić information content (AvgIpc) is 2.46. The molecule has 1 amide bonds. The monoisotopic (exact) mass is 344 g/mol. The van der Waals surface area contributed by atoms with Gasteiger partial charge in [-0.25, -0.2) is 0 Å². The summed E-state index contributed by atoms with van der Waals surface area (Å²) in [6.07, 6.45) is 0. The molecule has 1 aromatic carbocycles. The van der Waals surface area contributed by atoms with Crippen LogP contribution in [0.4, 0.5) is 11.4 Å². The summed E-state index contributed by atoms with van der Waals surface area (Å²) in [6.45, 7) is 6.21. The number of hydrogen-bond donors (Lipinski definition) is 2. The molecule has 0 aromatic heterocycles. The van der Waals surface area contributed by atoms with Gasteiger partial charge >= 0.3 is 0 Å². The van der Waals surface area contributed by atoms with E-state index in [1.165, 1.54) is 6.07 Å². The number of nitrogens with one attached hydrogen (secondary N) is 1. The van der Waals surface area contributed by atoms with Gasteiger partial charge in [0.15, 0.2) is 0 Å². The zero-order chi connectivity index (χ0) is 16.9. The van der Waals surface area contributed by atoms with Crippen LogP contribution in [0, 0.1) is 16.0 Å². The van der Waals surface area contributed by atoms with Crippen molar-refractivity contribution < 1.29 is 9.72 Å². The molecular weight excluding hydrogens is 320 g/mol. The fourth-order valence-electron chi connectivity index (χ4n) is 2.03. The van der Waals surface area contributed by atoms with E-state index in [4.69, 9.17) is 5.73 Å². The Bertz CT molecular complexity index is 553. The van der Waals surface area contributed by atoms with Crippen molar-refractivity contribution in [2.45, 2.75) is 26.3 Å². The van der Waals surface area contributed by atoms with Crippen LogP contribution in [0.2, 0.25) is 0 Å². The topological polar surface area (TPSA) is 102 Å². The fraction of sp³-hybridized carbons (Fsp3) is 0.533. The molecule has 3 N–H and O–H groups in total. The molecule has 1 atom stereocenters. The summed E-state index contributed by atoms with van der Waals surface area (Å²) in [5.41, 5.74) is 5.62.